The second kappa shape index (κ2) is 7.29. The molecular weight excluding hydrogens is 319 g/mol. The molecule has 0 amide bonds. The molecule has 25 heavy (non-hydrogen) atoms. The first-order valence-electron chi connectivity index (χ1n) is 8.57. The minimum absolute atomic E-state index is 0.188. The summed E-state index contributed by atoms with van der Waals surface area (Å²) in [4.78, 5) is 10.3. The lowest BCUT2D eigenvalue weighted by atomic mass is 10.1. The lowest BCUT2D eigenvalue weighted by molar-refractivity contribution is 0.229. The summed E-state index contributed by atoms with van der Waals surface area (Å²) in [6.07, 6.45) is 6.61. The van der Waals surface area contributed by atoms with Gasteiger partial charge in [-0.1, -0.05) is 6.07 Å². The van der Waals surface area contributed by atoms with Crippen molar-refractivity contribution < 1.29 is 8.81 Å². The molecule has 2 atom stereocenters. The van der Waals surface area contributed by atoms with Crippen molar-refractivity contribution in [3.05, 3.63) is 60.4 Å². The maximum absolute atomic E-state index is 13.9. The molecule has 1 saturated heterocycles. The minimum Gasteiger partial charge on any atom is -0.464 e. The summed E-state index contributed by atoms with van der Waals surface area (Å²) in [7, 11) is 0. The third-order valence-electron chi connectivity index (χ3n) is 4.70. The van der Waals surface area contributed by atoms with E-state index in [0.29, 0.717) is 19.5 Å². The van der Waals surface area contributed by atoms with Gasteiger partial charge in [0.15, 0.2) is 0 Å². The largest absolute Gasteiger partial charge is 0.464 e. The number of hydrogen-bond donors (Lipinski definition) is 1. The number of nitrogens with zero attached hydrogens (tertiary/aromatic N) is 3. The Balaban J connectivity index is 1.34. The third kappa shape index (κ3) is 3.86. The first-order valence-corrected chi connectivity index (χ1v) is 8.57. The van der Waals surface area contributed by atoms with Gasteiger partial charge in [0.2, 0.25) is 0 Å². The average molecular weight is 340 g/mol. The summed E-state index contributed by atoms with van der Waals surface area (Å²) in [6.45, 7) is 2.69. The Morgan fingerprint density at radius 2 is 2.08 bits per heavy atom. The van der Waals surface area contributed by atoms with Crippen LogP contribution >= 0.6 is 0 Å². The van der Waals surface area contributed by atoms with Gasteiger partial charge in [-0.05, 0) is 30.2 Å². The number of rotatable bonds is 6. The van der Waals surface area contributed by atoms with E-state index >= 15 is 0 Å². The van der Waals surface area contributed by atoms with E-state index in [1.54, 1.807) is 18.7 Å². The Morgan fingerprint density at radius 3 is 2.96 bits per heavy atom. The molecule has 2 aromatic heterocycles. The quantitative estimate of drug-likeness (QED) is 0.748. The Labute approximate surface area is 145 Å². The number of halogens is 1. The van der Waals surface area contributed by atoms with E-state index in [1.165, 1.54) is 11.9 Å². The molecule has 0 aliphatic carbocycles. The first kappa shape index (κ1) is 16.2. The van der Waals surface area contributed by atoms with E-state index < -0.39 is 6.17 Å². The maximum atomic E-state index is 13.9. The molecule has 0 spiro atoms. The number of nitrogens with one attached hydrogen (secondary N) is 1. The predicted molar refractivity (Wildman–Crippen MR) is 93.7 cm³/mol. The summed E-state index contributed by atoms with van der Waals surface area (Å²) in [5.74, 6) is 0. The molecule has 0 unspecified atom stereocenters. The summed E-state index contributed by atoms with van der Waals surface area (Å²) in [5.41, 5.74) is 3.12. The molecule has 5 nitrogen and oxygen atoms in total. The summed E-state index contributed by atoms with van der Waals surface area (Å²) < 4.78 is 19.3. The number of hydrogen-bond acceptors (Lipinski definition) is 5. The standard InChI is InChI=1S/C19H21FN4O/c20-17-6-18(24(12-17)11-15-8-22-13-23-9-15)10-21-7-14-1-2-19-16(5-14)3-4-25-19/h1-5,8-9,13,17-18,21H,6-7,10-12H2/t17-,18-/m0/s1. The molecule has 1 aromatic carbocycles. The fraction of sp³-hybridized carbons (Fsp3) is 0.368. The van der Waals surface area contributed by atoms with Crippen LogP contribution in [0, 0.1) is 0 Å². The summed E-state index contributed by atoms with van der Waals surface area (Å²) >= 11 is 0. The highest BCUT2D eigenvalue weighted by atomic mass is 19.1. The number of likely N-dealkylation sites (tertiary alicyclic amines) is 1. The van der Waals surface area contributed by atoms with E-state index in [1.807, 2.05) is 12.1 Å². The summed E-state index contributed by atoms with van der Waals surface area (Å²) in [6, 6.07) is 8.32. The van der Waals surface area contributed by atoms with E-state index in [-0.39, 0.29) is 6.04 Å². The molecule has 1 aliphatic rings. The molecule has 6 heteroatoms. The van der Waals surface area contributed by atoms with Gasteiger partial charge in [0.1, 0.15) is 18.1 Å². The van der Waals surface area contributed by atoms with Gasteiger partial charge in [0.05, 0.1) is 6.26 Å². The van der Waals surface area contributed by atoms with E-state index in [4.69, 9.17) is 4.42 Å². The monoisotopic (exact) mass is 340 g/mol. The zero-order valence-corrected chi connectivity index (χ0v) is 13.9. The highest BCUT2D eigenvalue weighted by molar-refractivity contribution is 5.77. The fourth-order valence-electron chi connectivity index (χ4n) is 3.48. The Bertz CT molecular complexity index is 822. The Hall–Kier alpha value is -2.31. The van der Waals surface area contributed by atoms with Gasteiger partial charge in [0, 0.05) is 55.6 Å². The average Bonchev–Trinajstić information content (AvgIpc) is 3.22. The van der Waals surface area contributed by atoms with E-state index in [9.17, 15) is 4.39 Å². The van der Waals surface area contributed by atoms with Crippen molar-refractivity contribution in [3.63, 3.8) is 0 Å². The lowest BCUT2D eigenvalue weighted by Crippen LogP contribution is -2.37. The van der Waals surface area contributed by atoms with Gasteiger partial charge >= 0.3 is 0 Å². The molecule has 4 rings (SSSR count). The predicted octanol–water partition coefficient (Wildman–Crippen LogP) is 2.93. The van der Waals surface area contributed by atoms with Crippen LogP contribution in [0.15, 0.2) is 53.7 Å². The summed E-state index contributed by atoms with van der Waals surface area (Å²) in [5, 5.41) is 4.57. The number of furan rings is 1. The molecular formula is C19H21FN4O. The van der Waals surface area contributed by atoms with E-state index in [2.05, 4.69) is 32.3 Å². The zero-order valence-electron chi connectivity index (χ0n) is 13.9. The first-order chi connectivity index (χ1) is 12.3. The SMILES string of the molecule is F[C@H]1C[C@@H](CNCc2ccc3occc3c2)N(Cc2cncnc2)C1. The highest BCUT2D eigenvalue weighted by Crippen LogP contribution is 2.22. The van der Waals surface area contributed by atoms with Crippen LogP contribution < -0.4 is 5.32 Å². The molecule has 130 valence electrons. The van der Waals surface area contributed by atoms with Gasteiger partial charge in [0.25, 0.3) is 0 Å². The molecule has 0 radical (unpaired) electrons. The molecule has 3 aromatic rings. The number of aromatic nitrogens is 2. The van der Waals surface area contributed by atoms with Crippen LogP contribution in [0.1, 0.15) is 17.5 Å². The second-order valence-corrected chi connectivity index (χ2v) is 6.59. The van der Waals surface area contributed by atoms with Crippen LogP contribution in [0.2, 0.25) is 0 Å². The van der Waals surface area contributed by atoms with Crippen molar-refractivity contribution >= 4 is 11.0 Å². The molecule has 1 fully saturated rings. The van der Waals surface area contributed by atoms with Crippen molar-refractivity contribution in [3.8, 4) is 0 Å². The van der Waals surface area contributed by atoms with Crippen molar-refractivity contribution in [1.82, 2.24) is 20.2 Å². The second-order valence-electron chi connectivity index (χ2n) is 6.59. The van der Waals surface area contributed by atoms with Crippen LogP contribution in [0.5, 0.6) is 0 Å². The van der Waals surface area contributed by atoms with Gasteiger partial charge in [-0.15, -0.1) is 0 Å². The molecule has 1 N–H and O–H groups in total. The Morgan fingerprint density at radius 1 is 1.20 bits per heavy atom. The number of alkyl halides is 1. The van der Waals surface area contributed by atoms with Crippen LogP contribution in [-0.2, 0) is 13.1 Å². The van der Waals surface area contributed by atoms with Gasteiger partial charge < -0.3 is 9.73 Å². The zero-order chi connectivity index (χ0) is 17.1. The van der Waals surface area contributed by atoms with Crippen LogP contribution in [0.4, 0.5) is 4.39 Å². The van der Waals surface area contributed by atoms with Gasteiger partial charge in [-0.25, -0.2) is 14.4 Å². The van der Waals surface area contributed by atoms with Crippen molar-refractivity contribution in [2.24, 2.45) is 0 Å². The van der Waals surface area contributed by atoms with Crippen LogP contribution in [0.25, 0.3) is 11.0 Å². The van der Waals surface area contributed by atoms with Gasteiger partial charge in [-0.3, -0.25) is 4.90 Å². The van der Waals surface area contributed by atoms with E-state index in [0.717, 1.165) is 29.6 Å². The van der Waals surface area contributed by atoms with Crippen LogP contribution in [0.3, 0.4) is 0 Å². The molecule has 1 aliphatic heterocycles. The van der Waals surface area contributed by atoms with Crippen molar-refractivity contribution in [2.45, 2.75) is 31.7 Å². The van der Waals surface area contributed by atoms with Crippen LogP contribution in [-0.4, -0.2) is 40.2 Å². The smallest absolute Gasteiger partial charge is 0.133 e. The number of benzene rings is 1. The molecule has 0 bridgehead atoms. The van der Waals surface area contributed by atoms with Crippen molar-refractivity contribution in [1.29, 1.82) is 0 Å². The third-order valence-corrected chi connectivity index (χ3v) is 4.70. The highest BCUT2D eigenvalue weighted by Gasteiger charge is 2.31. The molecule has 0 saturated carbocycles. The topological polar surface area (TPSA) is 54.2 Å². The normalized spacial score (nSPS) is 21.2. The Kier molecular flexibility index (Phi) is 4.72. The number of fused-ring (bicyclic) bond motifs is 1. The lowest BCUT2D eigenvalue weighted by Gasteiger charge is -2.24. The van der Waals surface area contributed by atoms with Crippen molar-refractivity contribution in [2.75, 3.05) is 13.1 Å². The van der Waals surface area contributed by atoms with Gasteiger partial charge in [-0.2, -0.15) is 0 Å². The maximum Gasteiger partial charge on any atom is 0.133 e. The minimum atomic E-state index is -0.765. The molecule has 3 heterocycles. The fourth-order valence-corrected chi connectivity index (χ4v) is 3.48.